The summed E-state index contributed by atoms with van der Waals surface area (Å²) >= 11 is 20.4. The molecule has 3 aromatic rings. The average molecular weight is 657 g/mol. The van der Waals surface area contributed by atoms with Crippen LogP contribution in [0.2, 0.25) is 10.0 Å². The third-order valence-corrected chi connectivity index (χ3v) is 7.60. The predicted molar refractivity (Wildman–Crippen MR) is 147 cm³/mol. The Kier molecular flexibility index (Phi) is 8.23. The molecule has 1 heterocycles. The third kappa shape index (κ3) is 6.29. The minimum atomic E-state index is -0.978. The maximum Gasteiger partial charge on any atom is 0.335 e. The van der Waals surface area contributed by atoms with E-state index in [4.69, 9.17) is 33.0 Å². The number of rotatable bonds is 6. The maximum atomic E-state index is 12.5. The lowest BCUT2D eigenvalue weighted by molar-refractivity contribution is -0.115. The van der Waals surface area contributed by atoms with E-state index in [1.807, 2.05) is 12.1 Å². The van der Waals surface area contributed by atoms with Crippen molar-refractivity contribution in [2.75, 3.05) is 0 Å². The van der Waals surface area contributed by atoms with E-state index in [-0.39, 0.29) is 18.1 Å². The summed E-state index contributed by atoms with van der Waals surface area (Å²) in [6.07, 6.45) is 1.74. The normalized spacial score (nSPS) is 15.5. The largest absolute Gasteiger partial charge is 0.487 e. The van der Waals surface area contributed by atoms with E-state index in [1.54, 1.807) is 36.4 Å². The van der Waals surface area contributed by atoms with E-state index in [2.05, 4.69) is 42.2 Å². The molecule has 1 aliphatic rings. The first-order chi connectivity index (χ1) is 16.7. The van der Waals surface area contributed by atoms with Gasteiger partial charge in [-0.3, -0.25) is 4.79 Å². The van der Waals surface area contributed by atoms with Crippen LogP contribution in [0.15, 0.2) is 73.4 Å². The quantitative estimate of drug-likeness (QED) is 0.266. The number of nitrogens with zero attached hydrogens (tertiary/aromatic N) is 1. The number of ether oxygens (including phenoxy) is 1. The SMILES string of the molecule is O=C1NC(=Nc2cccc(Cl)c2Cl)S/C1=C\c1cc(Br)c(OCc2ccc(C(=O)O)cc2)c(Br)c1. The van der Waals surface area contributed by atoms with Crippen molar-refractivity contribution in [2.24, 2.45) is 4.99 Å². The van der Waals surface area contributed by atoms with E-state index in [1.165, 1.54) is 23.9 Å². The fourth-order valence-electron chi connectivity index (χ4n) is 3.02. The van der Waals surface area contributed by atoms with Crippen molar-refractivity contribution in [2.45, 2.75) is 6.61 Å². The number of carbonyl (C=O) groups excluding carboxylic acids is 1. The number of carboxylic acid groups (broad SMARTS) is 1. The summed E-state index contributed by atoms with van der Waals surface area (Å²) in [5.41, 5.74) is 2.27. The standard InChI is InChI=1S/C24H14Br2Cl2N2O4S/c25-15-8-13(9-16(26)21(15)34-11-12-4-6-14(7-5-12)23(32)33)10-19-22(31)30-24(35-19)29-18-3-1-2-17(27)20(18)28/h1-10H,11H2,(H,32,33)(H,29,30,31)/b19-10-. The number of halogens is 4. The number of carboxylic acids is 1. The topological polar surface area (TPSA) is 88.0 Å². The summed E-state index contributed by atoms with van der Waals surface area (Å²) in [6.45, 7) is 0.252. The first-order valence-electron chi connectivity index (χ1n) is 9.89. The number of amides is 1. The Bertz CT molecular complexity index is 1370. The van der Waals surface area contributed by atoms with Crippen molar-refractivity contribution in [1.82, 2.24) is 5.32 Å². The molecule has 1 saturated heterocycles. The van der Waals surface area contributed by atoms with Gasteiger partial charge in [0.25, 0.3) is 5.91 Å². The van der Waals surface area contributed by atoms with Crippen LogP contribution in [0, 0.1) is 0 Å². The molecule has 0 unspecified atom stereocenters. The van der Waals surface area contributed by atoms with Crippen LogP contribution in [0.1, 0.15) is 21.5 Å². The van der Waals surface area contributed by atoms with Crippen molar-refractivity contribution in [1.29, 1.82) is 0 Å². The molecule has 0 spiro atoms. The molecule has 1 aliphatic heterocycles. The Hall–Kier alpha value is -2.30. The predicted octanol–water partition coefficient (Wildman–Crippen LogP) is 7.69. The van der Waals surface area contributed by atoms with Gasteiger partial charge in [0.05, 0.1) is 35.1 Å². The van der Waals surface area contributed by atoms with Gasteiger partial charge in [-0.05, 0) is 97.2 Å². The lowest BCUT2D eigenvalue weighted by Gasteiger charge is -2.12. The summed E-state index contributed by atoms with van der Waals surface area (Å²) in [5.74, 6) is -0.673. The van der Waals surface area contributed by atoms with Gasteiger partial charge in [-0.2, -0.15) is 0 Å². The molecule has 3 aromatic carbocycles. The zero-order chi connectivity index (χ0) is 25.1. The molecule has 0 aliphatic carbocycles. The van der Waals surface area contributed by atoms with E-state index in [0.717, 1.165) is 11.1 Å². The van der Waals surface area contributed by atoms with Gasteiger partial charge in [0.15, 0.2) is 5.17 Å². The van der Waals surface area contributed by atoms with Gasteiger partial charge in [0.2, 0.25) is 0 Å². The number of carbonyl (C=O) groups is 2. The molecule has 11 heteroatoms. The zero-order valence-electron chi connectivity index (χ0n) is 17.5. The Morgan fingerprint density at radius 3 is 2.46 bits per heavy atom. The summed E-state index contributed by atoms with van der Waals surface area (Å²) in [6, 6.07) is 15.2. The first-order valence-corrected chi connectivity index (χ1v) is 13.0. The fraction of sp³-hybridized carbons (Fsp3) is 0.0417. The molecule has 0 bridgehead atoms. The van der Waals surface area contributed by atoms with Gasteiger partial charge >= 0.3 is 5.97 Å². The molecule has 178 valence electrons. The second-order valence-electron chi connectivity index (χ2n) is 7.16. The summed E-state index contributed by atoms with van der Waals surface area (Å²) in [7, 11) is 0. The second kappa shape index (κ2) is 11.2. The molecule has 0 saturated carbocycles. The highest BCUT2D eigenvalue weighted by atomic mass is 79.9. The molecule has 0 aromatic heterocycles. The monoisotopic (exact) mass is 654 g/mol. The zero-order valence-corrected chi connectivity index (χ0v) is 23.0. The highest BCUT2D eigenvalue weighted by molar-refractivity contribution is 9.11. The Balaban J connectivity index is 1.49. The number of hydrogen-bond acceptors (Lipinski definition) is 5. The highest BCUT2D eigenvalue weighted by Gasteiger charge is 2.24. The van der Waals surface area contributed by atoms with Crippen LogP contribution in [0.25, 0.3) is 6.08 Å². The molecule has 2 N–H and O–H groups in total. The fourth-order valence-corrected chi connectivity index (χ4v) is 5.64. The summed E-state index contributed by atoms with van der Waals surface area (Å²) in [4.78, 5) is 28.3. The summed E-state index contributed by atoms with van der Waals surface area (Å²) < 4.78 is 7.28. The van der Waals surface area contributed by atoms with Crippen LogP contribution in [0.5, 0.6) is 5.75 Å². The molecule has 1 amide bonds. The number of benzene rings is 3. The second-order valence-corrected chi connectivity index (χ2v) is 10.7. The number of nitrogens with one attached hydrogen (secondary N) is 1. The Labute approximate surface area is 231 Å². The number of aliphatic imine (C=N–C) groups is 1. The number of thioether (sulfide) groups is 1. The minimum Gasteiger partial charge on any atom is -0.487 e. The van der Waals surface area contributed by atoms with Crippen molar-refractivity contribution in [3.8, 4) is 5.75 Å². The van der Waals surface area contributed by atoms with Gasteiger partial charge < -0.3 is 15.2 Å². The van der Waals surface area contributed by atoms with Crippen molar-refractivity contribution >= 4 is 95.6 Å². The lowest BCUT2D eigenvalue weighted by Crippen LogP contribution is -2.19. The number of amidine groups is 1. The Morgan fingerprint density at radius 1 is 1.11 bits per heavy atom. The molecule has 35 heavy (non-hydrogen) atoms. The molecule has 4 rings (SSSR count). The van der Waals surface area contributed by atoms with Crippen molar-refractivity contribution in [3.63, 3.8) is 0 Å². The van der Waals surface area contributed by atoms with Gasteiger partial charge in [-0.25, -0.2) is 9.79 Å². The van der Waals surface area contributed by atoms with E-state index in [0.29, 0.717) is 40.5 Å². The molecule has 0 atom stereocenters. The van der Waals surface area contributed by atoms with Gasteiger partial charge in [0.1, 0.15) is 12.4 Å². The average Bonchev–Trinajstić information content (AvgIpc) is 3.15. The van der Waals surface area contributed by atoms with Crippen LogP contribution in [-0.2, 0) is 11.4 Å². The maximum absolute atomic E-state index is 12.5. The van der Waals surface area contributed by atoms with Crippen LogP contribution in [0.3, 0.4) is 0 Å². The molecule has 0 radical (unpaired) electrons. The van der Waals surface area contributed by atoms with Crippen molar-refractivity contribution < 1.29 is 19.4 Å². The van der Waals surface area contributed by atoms with Crippen molar-refractivity contribution in [3.05, 3.63) is 95.2 Å². The number of aromatic carboxylic acids is 1. The van der Waals surface area contributed by atoms with Crippen LogP contribution < -0.4 is 10.1 Å². The minimum absolute atomic E-state index is 0.214. The van der Waals surface area contributed by atoms with Gasteiger partial charge in [0, 0.05) is 0 Å². The lowest BCUT2D eigenvalue weighted by atomic mass is 10.1. The van der Waals surface area contributed by atoms with E-state index in [9.17, 15) is 9.59 Å². The van der Waals surface area contributed by atoms with Crippen LogP contribution in [0.4, 0.5) is 5.69 Å². The van der Waals surface area contributed by atoms with Gasteiger partial charge in [-0.1, -0.05) is 41.4 Å². The molecular weight excluding hydrogens is 643 g/mol. The summed E-state index contributed by atoms with van der Waals surface area (Å²) in [5, 5.41) is 12.8. The van der Waals surface area contributed by atoms with Crippen LogP contribution >= 0.6 is 66.8 Å². The van der Waals surface area contributed by atoms with Crippen LogP contribution in [-0.4, -0.2) is 22.2 Å². The molecular formula is C24H14Br2Cl2N2O4S. The third-order valence-electron chi connectivity index (χ3n) is 4.71. The highest BCUT2D eigenvalue weighted by Crippen LogP contribution is 2.38. The number of hydrogen-bond donors (Lipinski definition) is 2. The smallest absolute Gasteiger partial charge is 0.335 e. The molecule has 6 nitrogen and oxygen atoms in total. The van der Waals surface area contributed by atoms with E-state index < -0.39 is 5.97 Å². The van der Waals surface area contributed by atoms with Gasteiger partial charge in [-0.15, -0.1) is 0 Å². The first kappa shape index (κ1) is 25.8. The molecule has 1 fully saturated rings. The Morgan fingerprint density at radius 2 is 1.80 bits per heavy atom. The van der Waals surface area contributed by atoms with E-state index >= 15 is 0 Å².